The molecule has 1 aliphatic rings. The fourth-order valence-corrected chi connectivity index (χ4v) is 1.86. The average Bonchev–Trinajstić information content (AvgIpc) is 2.51. The van der Waals surface area contributed by atoms with E-state index in [1.54, 1.807) is 6.92 Å². The zero-order chi connectivity index (χ0) is 12.7. The van der Waals surface area contributed by atoms with Crippen LogP contribution in [0.2, 0.25) is 5.02 Å². The number of aromatic amines is 1. The maximum atomic E-state index is 11.5. The lowest BCUT2D eigenvalue weighted by Crippen LogP contribution is -2.37. The Hall–Kier alpha value is -1.15. The second-order valence-electron chi connectivity index (χ2n) is 3.86. The summed E-state index contributed by atoms with van der Waals surface area (Å²) in [6.45, 7) is 1.56. The normalized spacial score (nSPS) is 32.9. The van der Waals surface area contributed by atoms with Gasteiger partial charge in [0.25, 0.3) is 5.56 Å². The Kier molecular flexibility index (Phi) is 3.09. The van der Waals surface area contributed by atoms with E-state index < -0.39 is 35.8 Å². The van der Waals surface area contributed by atoms with Gasteiger partial charge < -0.3 is 14.9 Å². The molecular formula is C9H11ClN2O5. The number of H-pyrrole nitrogens is 1. The van der Waals surface area contributed by atoms with Crippen LogP contribution in [0.4, 0.5) is 0 Å². The van der Waals surface area contributed by atoms with Crippen LogP contribution in [0.5, 0.6) is 0 Å². The lowest BCUT2D eigenvalue weighted by Gasteiger charge is -2.16. The second-order valence-corrected chi connectivity index (χ2v) is 4.26. The summed E-state index contributed by atoms with van der Waals surface area (Å²) >= 11 is 5.58. The van der Waals surface area contributed by atoms with Gasteiger partial charge in [0.05, 0.1) is 6.10 Å². The topological polar surface area (TPSA) is 105 Å². The maximum absolute atomic E-state index is 11.5. The van der Waals surface area contributed by atoms with Crippen LogP contribution in [0.25, 0.3) is 0 Å². The van der Waals surface area contributed by atoms with Gasteiger partial charge in [-0.25, -0.2) is 4.79 Å². The Labute approximate surface area is 100 Å². The molecule has 17 heavy (non-hydrogen) atoms. The Morgan fingerprint density at radius 2 is 2.06 bits per heavy atom. The van der Waals surface area contributed by atoms with Crippen molar-refractivity contribution < 1.29 is 14.9 Å². The first kappa shape index (κ1) is 12.3. The lowest BCUT2D eigenvalue weighted by molar-refractivity contribution is -0.0351. The molecule has 0 amide bonds. The van der Waals surface area contributed by atoms with Gasteiger partial charge in [-0.1, -0.05) is 11.6 Å². The van der Waals surface area contributed by atoms with E-state index in [4.69, 9.17) is 16.3 Å². The standard InChI is InChI=1S/C9H11ClN2O5/c1-3-5(13)6(14)8(17-3)12-2-4(10)7(15)11-9(12)16/h2-3,5-6,8,13-14H,1H3,(H,11,15,16)/t3-,5?,6?,8-/m0/s1. The highest BCUT2D eigenvalue weighted by Crippen LogP contribution is 2.27. The van der Waals surface area contributed by atoms with Crippen molar-refractivity contribution in [3.63, 3.8) is 0 Å². The Morgan fingerprint density at radius 3 is 2.59 bits per heavy atom. The molecule has 0 saturated carbocycles. The van der Waals surface area contributed by atoms with Crippen molar-refractivity contribution in [2.45, 2.75) is 31.5 Å². The first-order valence-corrected chi connectivity index (χ1v) is 5.32. The van der Waals surface area contributed by atoms with Crippen LogP contribution in [-0.4, -0.2) is 38.1 Å². The van der Waals surface area contributed by atoms with E-state index in [0.717, 1.165) is 10.8 Å². The van der Waals surface area contributed by atoms with E-state index in [1.165, 1.54) is 0 Å². The molecule has 8 heteroatoms. The van der Waals surface area contributed by atoms with Gasteiger partial charge in [0.2, 0.25) is 0 Å². The van der Waals surface area contributed by atoms with Crippen LogP contribution in [0.15, 0.2) is 15.8 Å². The third-order valence-electron chi connectivity index (χ3n) is 2.68. The average molecular weight is 263 g/mol. The highest BCUT2D eigenvalue weighted by Gasteiger charge is 2.41. The number of rotatable bonds is 1. The van der Waals surface area contributed by atoms with Crippen molar-refractivity contribution in [1.82, 2.24) is 9.55 Å². The van der Waals surface area contributed by atoms with Gasteiger partial charge in [-0.15, -0.1) is 0 Å². The number of aliphatic hydroxyl groups is 2. The van der Waals surface area contributed by atoms with E-state index >= 15 is 0 Å². The van der Waals surface area contributed by atoms with Gasteiger partial charge in [0.15, 0.2) is 6.23 Å². The Morgan fingerprint density at radius 1 is 1.41 bits per heavy atom. The second kappa shape index (κ2) is 4.26. The van der Waals surface area contributed by atoms with Crippen molar-refractivity contribution >= 4 is 11.6 Å². The van der Waals surface area contributed by atoms with Gasteiger partial charge in [-0.05, 0) is 6.92 Å². The number of nitrogens with one attached hydrogen (secondary N) is 1. The molecule has 94 valence electrons. The molecule has 1 aromatic heterocycles. The van der Waals surface area contributed by atoms with Crippen LogP contribution >= 0.6 is 11.6 Å². The summed E-state index contributed by atoms with van der Waals surface area (Å²) in [4.78, 5) is 24.6. The zero-order valence-electron chi connectivity index (χ0n) is 8.83. The van der Waals surface area contributed by atoms with Gasteiger partial charge in [-0.2, -0.15) is 0 Å². The Balaban J connectivity index is 2.46. The van der Waals surface area contributed by atoms with E-state index in [0.29, 0.717) is 0 Å². The third-order valence-corrected chi connectivity index (χ3v) is 2.94. The van der Waals surface area contributed by atoms with Crippen LogP contribution in [0.3, 0.4) is 0 Å². The minimum absolute atomic E-state index is 0.200. The SMILES string of the molecule is C[C@@H]1O[C@H](n2cc(Cl)c(=O)[nH]c2=O)C(O)C1O. The molecular weight excluding hydrogens is 252 g/mol. The van der Waals surface area contributed by atoms with E-state index in [-0.39, 0.29) is 5.02 Å². The number of aromatic nitrogens is 2. The highest BCUT2D eigenvalue weighted by molar-refractivity contribution is 6.30. The van der Waals surface area contributed by atoms with Crippen molar-refractivity contribution in [3.05, 3.63) is 32.1 Å². The largest absolute Gasteiger partial charge is 0.388 e. The molecule has 7 nitrogen and oxygen atoms in total. The molecule has 0 aliphatic carbocycles. The van der Waals surface area contributed by atoms with Crippen LogP contribution in [0, 0.1) is 0 Å². The maximum Gasteiger partial charge on any atom is 0.330 e. The van der Waals surface area contributed by atoms with Crippen molar-refractivity contribution in [3.8, 4) is 0 Å². The van der Waals surface area contributed by atoms with Gasteiger partial charge >= 0.3 is 5.69 Å². The van der Waals surface area contributed by atoms with Crippen LogP contribution in [-0.2, 0) is 4.74 Å². The first-order chi connectivity index (χ1) is 7.91. The summed E-state index contributed by atoms with van der Waals surface area (Å²) < 4.78 is 6.18. The molecule has 0 spiro atoms. The minimum Gasteiger partial charge on any atom is -0.388 e. The summed E-state index contributed by atoms with van der Waals surface area (Å²) in [7, 11) is 0. The zero-order valence-corrected chi connectivity index (χ0v) is 9.59. The van der Waals surface area contributed by atoms with E-state index in [9.17, 15) is 19.8 Å². The molecule has 4 atom stereocenters. The first-order valence-electron chi connectivity index (χ1n) is 4.94. The fraction of sp³-hybridized carbons (Fsp3) is 0.556. The molecule has 1 saturated heterocycles. The molecule has 0 bridgehead atoms. The van der Waals surface area contributed by atoms with Crippen LogP contribution < -0.4 is 11.2 Å². The van der Waals surface area contributed by atoms with Crippen molar-refractivity contribution in [2.75, 3.05) is 0 Å². The molecule has 1 aliphatic heterocycles. The van der Waals surface area contributed by atoms with Crippen molar-refractivity contribution in [2.24, 2.45) is 0 Å². The molecule has 0 radical (unpaired) electrons. The number of nitrogens with zero attached hydrogens (tertiary/aromatic N) is 1. The predicted molar refractivity (Wildman–Crippen MR) is 57.9 cm³/mol. The number of aliphatic hydroxyl groups excluding tert-OH is 2. The minimum atomic E-state index is -1.26. The lowest BCUT2D eigenvalue weighted by atomic mass is 10.1. The van der Waals surface area contributed by atoms with E-state index in [2.05, 4.69) is 0 Å². The van der Waals surface area contributed by atoms with Gasteiger partial charge in [0, 0.05) is 6.20 Å². The molecule has 2 unspecified atom stereocenters. The summed E-state index contributed by atoms with van der Waals surface area (Å²) in [5.41, 5.74) is -1.47. The van der Waals surface area contributed by atoms with E-state index in [1.807, 2.05) is 4.98 Å². The predicted octanol–water partition coefficient (Wildman–Crippen LogP) is -1.17. The summed E-state index contributed by atoms with van der Waals surface area (Å²) in [5, 5.41) is 19.0. The molecule has 0 aromatic carbocycles. The molecule has 3 N–H and O–H groups in total. The summed E-state index contributed by atoms with van der Waals surface area (Å²) in [5.74, 6) is 0. The summed E-state index contributed by atoms with van der Waals surface area (Å²) in [6.07, 6.45) is -2.97. The molecule has 1 aromatic rings. The number of hydrogen-bond donors (Lipinski definition) is 3. The van der Waals surface area contributed by atoms with Crippen LogP contribution in [0.1, 0.15) is 13.2 Å². The number of halogens is 1. The third kappa shape index (κ3) is 2.02. The number of ether oxygens (including phenoxy) is 1. The van der Waals surface area contributed by atoms with Gasteiger partial charge in [0.1, 0.15) is 17.2 Å². The summed E-state index contributed by atoms with van der Waals surface area (Å²) in [6, 6.07) is 0. The quantitative estimate of drug-likeness (QED) is 0.591. The molecule has 2 heterocycles. The fourth-order valence-electron chi connectivity index (χ4n) is 1.71. The highest BCUT2D eigenvalue weighted by atomic mass is 35.5. The smallest absolute Gasteiger partial charge is 0.330 e. The molecule has 1 fully saturated rings. The molecule has 2 rings (SSSR count). The van der Waals surface area contributed by atoms with Crippen molar-refractivity contribution in [1.29, 1.82) is 0 Å². The number of hydrogen-bond acceptors (Lipinski definition) is 5. The monoisotopic (exact) mass is 262 g/mol. The Bertz CT molecular complexity index is 539. The van der Waals surface area contributed by atoms with Gasteiger partial charge in [-0.3, -0.25) is 14.3 Å².